The van der Waals surface area contributed by atoms with E-state index in [0.717, 1.165) is 27.5 Å². The molecule has 106 valence electrons. The van der Waals surface area contributed by atoms with Gasteiger partial charge < -0.3 is 0 Å². The first-order chi connectivity index (χ1) is 9.58. The average molecular weight is 290 g/mol. The van der Waals surface area contributed by atoms with Gasteiger partial charge >= 0.3 is 0 Å². The van der Waals surface area contributed by atoms with Gasteiger partial charge in [-0.2, -0.15) is 10.2 Å². The van der Waals surface area contributed by atoms with Gasteiger partial charge in [0.2, 0.25) is 5.91 Å². The summed E-state index contributed by atoms with van der Waals surface area (Å²) >= 11 is 1.60. The molecule has 0 spiro atoms. The molecule has 0 aliphatic carbocycles. The third-order valence-corrected chi connectivity index (χ3v) is 4.09. The number of aryl methyl sites for hydroxylation is 2. The maximum absolute atomic E-state index is 11.8. The summed E-state index contributed by atoms with van der Waals surface area (Å²) in [5, 5.41) is 13.1. The molecule has 2 heterocycles. The average Bonchev–Trinajstić information content (AvgIpc) is 3.05. The van der Waals surface area contributed by atoms with Gasteiger partial charge in [-0.3, -0.25) is 9.89 Å². The molecule has 2 aromatic heterocycles. The number of hydrazone groups is 1. The smallest absolute Gasteiger partial charge is 0.240 e. The maximum atomic E-state index is 11.8. The number of rotatable bonds is 5. The van der Waals surface area contributed by atoms with Crippen LogP contribution in [0.4, 0.5) is 0 Å². The van der Waals surface area contributed by atoms with Crippen molar-refractivity contribution in [1.82, 2.24) is 15.6 Å². The van der Waals surface area contributed by atoms with Crippen LogP contribution < -0.4 is 5.43 Å². The van der Waals surface area contributed by atoms with E-state index in [9.17, 15) is 4.79 Å². The van der Waals surface area contributed by atoms with Gasteiger partial charge in [0, 0.05) is 17.0 Å². The van der Waals surface area contributed by atoms with Crippen molar-refractivity contribution in [3.63, 3.8) is 0 Å². The maximum Gasteiger partial charge on any atom is 0.240 e. The van der Waals surface area contributed by atoms with E-state index in [1.165, 1.54) is 0 Å². The number of amides is 1. The van der Waals surface area contributed by atoms with Gasteiger partial charge in [0.1, 0.15) is 0 Å². The molecule has 5 nitrogen and oxygen atoms in total. The van der Waals surface area contributed by atoms with Crippen molar-refractivity contribution >= 4 is 23.0 Å². The lowest BCUT2D eigenvalue weighted by atomic mass is 10.1. The monoisotopic (exact) mass is 290 g/mol. The Kier molecular flexibility index (Phi) is 4.68. The summed E-state index contributed by atoms with van der Waals surface area (Å²) in [6, 6.07) is 3.94. The summed E-state index contributed by atoms with van der Waals surface area (Å²) in [6.07, 6.45) is 1.08. The third-order valence-electron chi connectivity index (χ3n) is 3.11. The van der Waals surface area contributed by atoms with Gasteiger partial charge in [-0.1, -0.05) is 6.07 Å². The SMILES string of the molecule is C/C(=N\NC(=O)CCc1c(C)n[nH]c1C)c1cccs1. The summed E-state index contributed by atoms with van der Waals surface area (Å²) in [6.45, 7) is 5.79. The highest BCUT2D eigenvalue weighted by molar-refractivity contribution is 7.12. The normalized spacial score (nSPS) is 11.7. The number of aromatic amines is 1. The first kappa shape index (κ1) is 14.5. The van der Waals surface area contributed by atoms with Gasteiger partial charge in [-0.25, -0.2) is 5.43 Å². The van der Waals surface area contributed by atoms with Crippen molar-refractivity contribution in [3.8, 4) is 0 Å². The molecular formula is C14H18N4OS. The molecule has 6 heteroatoms. The molecule has 0 saturated carbocycles. The molecule has 0 unspecified atom stereocenters. The van der Waals surface area contributed by atoms with Gasteiger partial charge in [0.05, 0.1) is 11.4 Å². The molecule has 1 amide bonds. The summed E-state index contributed by atoms with van der Waals surface area (Å²) in [4.78, 5) is 12.9. The minimum atomic E-state index is -0.0825. The number of nitrogens with one attached hydrogen (secondary N) is 2. The quantitative estimate of drug-likeness (QED) is 0.656. The predicted octanol–water partition coefficient (Wildman–Crippen LogP) is 2.56. The Hall–Kier alpha value is -1.95. The van der Waals surface area contributed by atoms with Crippen molar-refractivity contribution in [3.05, 3.63) is 39.3 Å². The van der Waals surface area contributed by atoms with Crippen molar-refractivity contribution < 1.29 is 4.79 Å². The Labute approximate surface area is 122 Å². The van der Waals surface area contributed by atoms with E-state index < -0.39 is 0 Å². The van der Waals surface area contributed by atoms with Crippen LogP contribution in [-0.2, 0) is 11.2 Å². The number of carbonyl (C=O) groups is 1. The lowest BCUT2D eigenvalue weighted by molar-refractivity contribution is -0.121. The molecule has 0 aliphatic rings. The Morgan fingerprint density at radius 2 is 2.30 bits per heavy atom. The Bertz CT molecular complexity index is 594. The van der Waals surface area contributed by atoms with Crippen LogP contribution in [0, 0.1) is 13.8 Å². The van der Waals surface area contributed by atoms with Crippen LogP contribution in [-0.4, -0.2) is 21.8 Å². The summed E-state index contributed by atoms with van der Waals surface area (Å²) in [7, 11) is 0. The molecule has 0 fully saturated rings. The number of aromatic nitrogens is 2. The van der Waals surface area contributed by atoms with E-state index in [-0.39, 0.29) is 5.91 Å². The van der Waals surface area contributed by atoms with Crippen LogP contribution in [0.15, 0.2) is 22.6 Å². The van der Waals surface area contributed by atoms with Crippen molar-refractivity contribution in [2.24, 2.45) is 5.10 Å². The van der Waals surface area contributed by atoms with Crippen molar-refractivity contribution in [2.45, 2.75) is 33.6 Å². The second-order valence-corrected chi connectivity index (χ2v) is 5.57. The van der Waals surface area contributed by atoms with Crippen molar-refractivity contribution in [1.29, 1.82) is 0 Å². The van der Waals surface area contributed by atoms with E-state index in [0.29, 0.717) is 12.8 Å². The number of H-pyrrole nitrogens is 1. The highest BCUT2D eigenvalue weighted by atomic mass is 32.1. The summed E-state index contributed by atoms with van der Waals surface area (Å²) in [5.74, 6) is -0.0825. The van der Waals surface area contributed by atoms with E-state index in [2.05, 4.69) is 20.7 Å². The highest BCUT2D eigenvalue weighted by Crippen LogP contribution is 2.12. The first-order valence-electron chi connectivity index (χ1n) is 6.45. The van der Waals surface area contributed by atoms with Crippen LogP contribution in [0.2, 0.25) is 0 Å². The number of nitrogens with zero attached hydrogens (tertiary/aromatic N) is 2. The largest absolute Gasteiger partial charge is 0.282 e. The van der Waals surface area contributed by atoms with Gasteiger partial charge in [0.15, 0.2) is 0 Å². The van der Waals surface area contributed by atoms with Gasteiger partial charge in [-0.05, 0) is 44.2 Å². The predicted molar refractivity (Wildman–Crippen MR) is 81.1 cm³/mol. The number of hydrogen-bond donors (Lipinski definition) is 2. The topological polar surface area (TPSA) is 70.1 Å². The number of thiophene rings is 1. The van der Waals surface area contributed by atoms with Crippen LogP contribution in [0.25, 0.3) is 0 Å². The molecule has 0 atom stereocenters. The molecule has 20 heavy (non-hydrogen) atoms. The zero-order valence-corrected chi connectivity index (χ0v) is 12.7. The second kappa shape index (κ2) is 6.47. The van der Waals surface area contributed by atoms with E-state index in [1.807, 2.05) is 38.3 Å². The first-order valence-corrected chi connectivity index (χ1v) is 7.33. The Morgan fingerprint density at radius 1 is 1.50 bits per heavy atom. The van der Waals surface area contributed by atoms with Crippen molar-refractivity contribution in [2.75, 3.05) is 0 Å². The zero-order chi connectivity index (χ0) is 14.5. The van der Waals surface area contributed by atoms with Crippen LogP contribution in [0.5, 0.6) is 0 Å². The minimum absolute atomic E-state index is 0.0825. The van der Waals surface area contributed by atoms with Gasteiger partial charge in [-0.15, -0.1) is 11.3 Å². The fraction of sp³-hybridized carbons (Fsp3) is 0.357. The lowest BCUT2D eigenvalue weighted by Gasteiger charge is -2.02. The zero-order valence-electron chi connectivity index (χ0n) is 11.9. The summed E-state index contributed by atoms with van der Waals surface area (Å²) in [5.41, 5.74) is 6.50. The molecule has 2 aromatic rings. The molecule has 0 saturated heterocycles. The molecule has 0 bridgehead atoms. The molecule has 2 rings (SSSR count). The van der Waals surface area contributed by atoms with Crippen LogP contribution >= 0.6 is 11.3 Å². The molecule has 2 N–H and O–H groups in total. The van der Waals surface area contributed by atoms with E-state index in [1.54, 1.807) is 11.3 Å². The minimum Gasteiger partial charge on any atom is -0.282 e. The fourth-order valence-electron chi connectivity index (χ4n) is 1.92. The standard InChI is InChI=1S/C14H18N4OS/c1-9-12(10(2)16-15-9)6-7-14(19)18-17-11(3)13-5-4-8-20-13/h4-5,8H,6-7H2,1-3H3,(H,15,16)(H,18,19)/b17-11+. The number of carbonyl (C=O) groups excluding carboxylic acids is 1. The number of hydrogen-bond acceptors (Lipinski definition) is 4. The Morgan fingerprint density at radius 3 is 2.90 bits per heavy atom. The molecule has 0 radical (unpaired) electrons. The summed E-state index contributed by atoms with van der Waals surface area (Å²) < 4.78 is 0. The van der Waals surface area contributed by atoms with Crippen LogP contribution in [0.1, 0.15) is 35.2 Å². The Balaban J connectivity index is 1.86. The highest BCUT2D eigenvalue weighted by Gasteiger charge is 2.09. The molecule has 0 aliphatic heterocycles. The van der Waals surface area contributed by atoms with Crippen LogP contribution in [0.3, 0.4) is 0 Å². The molecular weight excluding hydrogens is 272 g/mol. The molecule has 0 aromatic carbocycles. The van der Waals surface area contributed by atoms with E-state index in [4.69, 9.17) is 0 Å². The second-order valence-electron chi connectivity index (χ2n) is 4.62. The third kappa shape index (κ3) is 3.54. The van der Waals surface area contributed by atoms with Gasteiger partial charge in [0.25, 0.3) is 0 Å². The fourth-order valence-corrected chi connectivity index (χ4v) is 2.60. The van der Waals surface area contributed by atoms with E-state index >= 15 is 0 Å². The lowest BCUT2D eigenvalue weighted by Crippen LogP contribution is -2.19.